The van der Waals surface area contributed by atoms with Crippen LogP contribution in [0.15, 0.2) is 48.8 Å². The molecule has 0 aliphatic carbocycles. The molecule has 2 heterocycles. The molecule has 4 nitrogen and oxygen atoms in total. The van der Waals surface area contributed by atoms with Crippen molar-refractivity contribution in [2.45, 2.75) is 26.3 Å². The van der Waals surface area contributed by atoms with Crippen LogP contribution < -0.4 is 10.2 Å². The minimum Gasteiger partial charge on any atom is -0.369 e. The van der Waals surface area contributed by atoms with Gasteiger partial charge in [-0.05, 0) is 68.2 Å². The van der Waals surface area contributed by atoms with Crippen LogP contribution in [0.1, 0.15) is 24.0 Å². The number of piperazine rings is 1. The van der Waals surface area contributed by atoms with Gasteiger partial charge in [0.2, 0.25) is 0 Å². The maximum Gasteiger partial charge on any atom is 0.0369 e. The van der Waals surface area contributed by atoms with Gasteiger partial charge in [-0.25, -0.2) is 0 Å². The summed E-state index contributed by atoms with van der Waals surface area (Å²) >= 11 is 0. The first-order valence-electron chi connectivity index (χ1n) is 9.45. The monoisotopic (exact) mass is 338 g/mol. The quantitative estimate of drug-likeness (QED) is 0.750. The van der Waals surface area contributed by atoms with E-state index >= 15 is 0 Å². The van der Waals surface area contributed by atoms with Crippen molar-refractivity contribution in [2.75, 3.05) is 44.2 Å². The summed E-state index contributed by atoms with van der Waals surface area (Å²) in [6.45, 7) is 10.1. The number of hydrogen-bond acceptors (Lipinski definition) is 4. The summed E-state index contributed by atoms with van der Waals surface area (Å²) < 4.78 is 0. The molecule has 1 fully saturated rings. The van der Waals surface area contributed by atoms with Gasteiger partial charge >= 0.3 is 0 Å². The van der Waals surface area contributed by atoms with Crippen LogP contribution in [0.2, 0.25) is 0 Å². The normalized spacial score (nSPS) is 15.5. The van der Waals surface area contributed by atoms with Gasteiger partial charge < -0.3 is 10.2 Å². The zero-order valence-electron chi connectivity index (χ0n) is 15.3. The fourth-order valence-electron chi connectivity index (χ4n) is 3.37. The Bertz CT molecular complexity index is 621. The third-order valence-electron chi connectivity index (χ3n) is 4.90. The molecule has 0 bridgehead atoms. The van der Waals surface area contributed by atoms with Crippen molar-refractivity contribution in [1.29, 1.82) is 0 Å². The van der Waals surface area contributed by atoms with Crippen LogP contribution in [0.25, 0.3) is 0 Å². The molecule has 1 aliphatic heterocycles. The third kappa shape index (κ3) is 5.83. The smallest absolute Gasteiger partial charge is 0.0369 e. The van der Waals surface area contributed by atoms with Crippen LogP contribution in [0, 0.1) is 6.92 Å². The second kappa shape index (κ2) is 9.54. The predicted octanol–water partition coefficient (Wildman–Crippen LogP) is 3.08. The molecule has 25 heavy (non-hydrogen) atoms. The van der Waals surface area contributed by atoms with Gasteiger partial charge in [-0.2, -0.15) is 0 Å². The number of rotatable bonds is 8. The van der Waals surface area contributed by atoms with Gasteiger partial charge in [-0.1, -0.05) is 12.1 Å². The third-order valence-corrected chi connectivity index (χ3v) is 4.90. The minimum atomic E-state index is 0.942. The predicted molar refractivity (Wildman–Crippen MR) is 105 cm³/mol. The van der Waals surface area contributed by atoms with E-state index in [4.69, 9.17) is 0 Å². The molecule has 2 aromatic rings. The van der Waals surface area contributed by atoms with Gasteiger partial charge in [0.25, 0.3) is 0 Å². The molecule has 134 valence electrons. The summed E-state index contributed by atoms with van der Waals surface area (Å²) in [5.74, 6) is 0. The van der Waals surface area contributed by atoms with Crippen LogP contribution in [0.3, 0.4) is 0 Å². The van der Waals surface area contributed by atoms with Crippen LogP contribution in [-0.4, -0.2) is 49.2 Å². The Labute approximate surface area is 151 Å². The standard InChI is InChI=1S/C21H30N4/c1-19-5-4-6-21(17-19)25-15-13-24(14-16-25)12-3-2-9-23-18-20-7-10-22-11-8-20/h4-8,10-11,17,23H,2-3,9,12-16,18H2,1H3. The number of aryl methyl sites for hydroxylation is 1. The lowest BCUT2D eigenvalue weighted by molar-refractivity contribution is 0.252. The molecule has 0 radical (unpaired) electrons. The van der Waals surface area contributed by atoms with E-state index in [1.54, 1.807) is 0 Å². The molecule has 0 atom stereocenters. The Balaban J connectivity index is 1.27. The Hall–Kier alpha value is -1.91. The second-order valence-electron chi connectivity index (χ2n) is 6.91. The van der Waals surface area contributed by atoms with Gasteiger partial charge in [-0.15, -0.1) is 0 Å². The molecule has 1 saturated heterocycles. The van der Waals surface area contributed by atoms with Crippen LogP contribution in [0.5, 0.6) is 0 Å². The SMILES string of the molecule is Cc1cccc(N2CCN(CCCCNCc3ccncc3)CC2)c1. The van der Waals surface area contributed by atoms with Crippen molar-refractivity contribution in [3.63, 3.8) is 0 Å². The van der Waals surface area contributed by atoms with Crippen LogP contribution in [-0.2, 0) is 6.54 Å². The van der Waals surface area contributed by atoms with Crippen LogP contribution >= 0.6 is 0 Å². The summed E-state index contributed by atoms with van der Waals surface area (Å²) in [6, 6.07) is 13.0. The van der Waals surface area contributed by atoms with E-state index in [1.165, 1.54) is 49.3 Å². The van der Waals surface area contributed by atoms with Gasteiger partial charge in [0.05, 0.1) is 0 Å². The second-order valence-corrected chi connectivity index (χ2v) is 6.91. The molecular formula is C21H30N4. The van der Waals surface area contributed by atoms with E-state index in [-0.39, 0.29) is 0 Å². The highest BCUT2D eigenvalue weighted by atomic mass is 15.3. The Morgan fingerprint density at radius 1 is 1.00 bits per heavy atom. The van der Waals surface area contributed by atoms with Gasteiger partial charge in [-0.3, -0.25) is 9.88 Å². The Morgan fingerprint density at radius 2 is 1.80 bits per heavy atom. The molecule has 0 saturated carbocycles. The average molecular weight is 338 g/mol. The number of pyridine rings is 1. The highest BCUT2D eigenvalue weighted by Crippen LogP contribution is 2.17. The Morgan fingerprint density at radius 3 is 2.56 bits per heavy atom. The zero-order chi connectivity index (χ0) is 17.3. The molecular weight excluding hydrogens is 308 g/mol. The summed E-state index contributed by atoms with van der Waals surface area (Å²) in [5.41, 5.74) is 4.03. The lowest BCUT2D eigenvalue weighted by Gasteiger charge is -2.36. The molecule has 4 heteroatoms. The van der Waals surface area contributed by atoms with E-state index in [9.17, 15) is 0 Å². The molecule has 1 N–H and O–H groups in total. The van der Waals surface area contributed by atoms with E-state index < -0.39 is 0 Å². The molecule has 0 amide bonds. The average Bonchev–Trinajstić information content (AvgIpc) is 2.66. The van der Waals surface area contributed by atoms with E-state index in [1.807, 2.05) is 12.4 Å². The highest BCUT2D eigenvalue weighted by molar-refractivity contribution is 5.48. The molecule has 0 unspecified atom stereocenters. The largest absolute Gasteiger partial charge is 0.369 e. The van der Waals surface area contributed by atoms with Crippen molar-refractivity contribution >= 4 is 5.69 Å². The lowest BCUT2D eigenvalue weighted by atomic mass is 10.2. The van der Waals surface area contributed by atoms with E-state index in [2.05, 4.69) is 63.4 Å². The number of hydrogen-bond donors (Lipinski definition) is 1. The van der Waals surface area contributed by atoms with Crippen LogP contribution in [0.4, 0.5) is 5.69 Å². The van der Waals surface area contributed by atoms with E-state index in [0.29, 0.717) is 0 Å². The maximum absolute atomic E-state index is 4.05. The molecule has 1 aromatic carbocycles. The van der Waals surface area contributed by atoms with Crippen molar-refractivity contribution in [1.82, 2.24) is 15.2 Å². The first-order chi connectivity index (χ1) is 12.3. The number of aromatic nitrogens is 1. The van der Waals surface area contributed by atoms with Crippen molar-refractivity contribution in [3.8, 4) is 0 Å². The topological polar surface area (TPSA) is 31.4 Å². The first-order valence-corrected chi connectivity index (χ1v) is 9.45. The minimum absolute atomic E-state index is 0.942. The summed E-state index contributed by atoms with van der Waals surface area (Å²) in [4.78, 5) is 9.17. The highest BCUT2D eigenvalue weighted by Gasteiger charge is 2.16. The number of benzene rings is 1. The summed E-state index contributed by atoms with van der Waals surface area (Å²) in [5, 5.41) is 3.52. The van der Waals surface area contributed by atoms with Gasteiger partial charge in [0, 0.05) is 50.8 Å². The fourth-order valence-corrected chi connectivity index (χ4v) is 3.37. The molecule has 1 aromatic heterocycles. The number of nitrogens with one attached hydrogen (secondary N) is 1. The van der Waals surface area contributed by atoms with E-state index in [0.717, 1.165) is 26.2 Å². The molecule has 3 rings (SSSR count). The number of nitrogens with zero attached hydrogens (tertiary/aromatic N) is 3. The zero-order valence-corrected chi connectivity index (χ0v) is 15.3. The summed E-state index contributed by atoms with van der Waals surface area (Å²) in [7, 11) is 0. The van der Waals surface area contributed by atoms with Crippen molar-refractivity contribution in [2.24, 2.45) is 0 Å². The Kier molecular flexibility index (Phi) is 6.83. The lowest BCUT2D eigenvalue weighted by Crippen LogP contribution is -2.46. The molecule has 0 spiro atoms. The number of unbranched alkanes of at least 4 members (excludes halogenated alkanes) is 1. The molecule has 1 aliphatic rings. The van der Waals surface area contributed by atoms with Crippen molar-refractivity contribution < 1.29 is 0 Å². The fraction of sp³-hybridized carbons (Fsp3) is 0.476. The van der Waals surface area contributed by atoms with Gasteiger partial charge in [0.1, 0.15) is 0 Å². The first kappa shape index (κ1) is 17.9. The maximum atomic E-state index is 4.05. The van der Waals surface area contributed by atoms with Crippen molar-refractivity contribution in [3.05, 3.63) is 59.9 Å². The van der Waals surface area contributed by atoms with Gasteiger partial charge in [0.15, 0.2) is 0 Å². The summed E-state index contributed by atoms with van der Waals surface area (Å²) in [6.07, 6.45) is 6.22. The number of anilines is 1.